The molecule has 2 radical (unpaired) electrons. The first kappa shape index (κ1) is 35.7. The van der Waals surface area contributed by atoms with Crippen LogP contribution in [0.2, 0.25) is 5.04 Å². The highest BCUT2D eigenvalue weighted by Crippen LogP contribution is 2.40. The number of hydrogen-bond donors (Lipinski definition) is 0. The van der Waals surface area contributed by atoms with E-state index in [4.69, 9.17) is 35.5 Å². The zero-order valence-electron chi connectivity index (χ0n) is 28.0. The minimum Gasteiger partial charge on any atom is -0.405 e. The van der Waals surface area contributed by atoms with Crippen molar-refractivity contribution in [3.63, 3.8) is 0 Å². The van der Waals surface area contributed by atoms with E-state index >= 15 is 0 Å². The maximum absolute atomic E-state index is 7.37. The van der Waals surface area contributed by atoms with E-state index in [1.54, 1.807) is 7.11 Å². The van der Waals surface area contributed by atoms with Gasteiger partial charge >= 0.3 is 0 Å². The molecule has 5 rings (SSSR count). The molecule has 1 aliphatic heterocycles. The van der Waals surface area contributed by atoms with Crippen molar-refractivity contribution in [1.82, 2.24) is 0 Å². The van der Waals surface area contributed by atoms with Crippen LogP contribution in [0.5, 0.6) is 0 Å². The predicted octanol–water partition coefficient (Wildman–Crippen LogP) is 6.60. The van der Waals surface area contributed by atoms with Crippen molar-refractivity contribution in [2.45, 2.75) is 69.7 Å². The molecule has 0 saturated carbocycles. The fourth-order valence-electron chi connectivity index (χ4n) is 6.40. The van der Waals surface area contributed by atoms with Crippen molar-refractivity contribution in [3.8, 4) is 0 Å². The van der Waals surface area contributed by atoms with E-state index in [0.29, 0.717) is 13.2 Å². The molecule has 9 heteroatoms. The number of ether oxygens (including phenoxy) is 4. The Morgan fingerprint density at radius 3 is 1.55 bits per heavy atom. The summed E-state index contributed by atoms with van der Waals surface area (Å²) in [5, 5.41) is 2.17. The molecule has 4 aromatic carbocycles. The van der Waals surface area contributed by atoms with Gasteiger partial charge in [-0.1, -0.05) is 142 Å². The number of methoxy groups -OCH3 is 1. The van der Waals surface area contributed by atoms with E-state index in [-0.39, 0.29) is 11.6 Å². The second kappa shape index (κ2) is 16.6. The van der Waals surface area contributed by atoms with Gasteiger partial charge < -0.3 is 27.9 Å². The van der Waals surface area contributed by atoms with Gasteiger partial charge in [-0.15, -0.1) is 0 Å². The van der Waals surface area contributed by atoms with Crippen LogP contribution in [-0.2, 0) is 41.1 Å². The lowest BCUT2D eigenvalue weighted by atomic mass is 9.98. The van der Waals surface area contributed by atoms with Crippen molar-refractivity contribution in [2.24, 2.45) is 0 Å². The van der Waals surface area contributed by atoms with Gasteiger partial charge in [0.2, 0.25) is 0 Å². The number of hydrogen-bond acceptors (Lipinski definition) is 6. The Hall–Kier alpha value is -2.65. The van der Waals surface area contributed by atoms with Crippen molar-refractivity contribution in [1.29, 1.82) is 0 Å². The quantitative estimate of drug-likeness (QED) is 0.112. The second-order valence-corrected chi connectivity index (χ2v) is 18.5. The van der Waals surface area contributed by atoms with Crippen LogP contribution in [0.15, 0.2) is 121 Å². The van der Waals surface area contributed by atoms with Crippen molar-refractivity contribution >= 4 is 34.3 Å². The second-order valence-electron chi connectivity index (χ2n) is 12.9. The monoisotopic (exact) mass is 668 g/mol. The molecule has 1 aliphatic rings. The lowest BCUT2D eigenvalue weighted by molar-refractivity contribution is -0.304. The minimum absolute atomic E-state index is 0.210. The Morgan fingerprint density at radius 2 is 1.13 bits per heavy atom. The summed E-state index contributed by atoms with van der Waals surface area (Å²) in [5.74, 6) is 0. The fourth-order valence-corrected chi connectivity index (χ4v) is 11.6. The number of benzene rings is 4. The van der Waals surface area contributed by atoms with Gasteiger partial charge in [-0.3, -0.25) is 0 Å². The van der Waals surface area contributed by atoms with Crippen molar-refractivity contribution in [3.05, 3.63) is 132 Å². The van der Waals surface area contributed by atoms with Gasteiger partial charge in [0.15, 0.2) is 6.29 Å². The molecule has 3 unspecified atom stereocenters. The third-order valence-electron chi connectivity index (χ3n) is 8.56. The molecule has 0 aromatic heterocycles. The van der Waals surface area contributed by atoms with Crippen LogP contribution >= 0.6 is 8.03 Å². The smallest absolute Gasteiger partial charge is 0.261 e. The van der Waals surface area contributed by atoms with Crippen molar-refractivity contribution in [2.75, 3.05) is 20.4 Å². The largest absolute Gasteiger partial charge is 0.405 e. The van der Waals surface area contributed by atoms with Gasteiger partial charge in [-0.25, -0.2) is 0 Å². The normalized spacial score (nSPS) is 22.5. The Labute approximate surface area is 284 Å². The molecule has 1 heterocycles. The van der Waals surface area contributed by atoms with E-state index in [9.17, 15) is 0 Å². The first-order valence-corrected chi connectivity index (χ1v) is 19.8. The third kappa shape index (κ3) is 8.69. The summed E-state index contributed by atoms with van der Waals surface area (Å²) >= 11 is 0. The average Bonchev–Trinajstić information content (AvgIpc) is 3.08. The molecular weight excluding hydrogens is 622 g/mol. The maximum Gasteiger partial charge on any atom is 0.261 e. The van der Waals surface area contributed by atoms with Crippen LogP contribution in [0.25, 0.3) is 0 Å². The lowest BCUT2D eigenvalue weighted by Gasteiger charge is -2.48. The van der Waals surface area contributed by atoms with Crippen LogP contribution < -0.4 is 10.4 Å². The molecule has 1 saturated heterocycles. The van der Waals surface area contributed by atoms with Crippen LogP contribution in [0.3, 0.4) is 0 Å². The van der Waals surface area contributed by atoms with Crippen LogP contribution in [0, 0.1) is 0 Å². The summed E-state index contributed by atoms with van der Waals surface area (Å²) < 4.78 is 39.8. The Balaban J connectivity index is 1.54. The zero-order chi connectivity index (χ0) is 33.3. The Bertz CT molecular complexity index is 1440. The van der Waals surface area contributed by atoms with E-state index < -0.39 is 47.1 Å². The van der Waals surface area contributed by atoms with Gasteiger partial charge in [0.05, 0.1) is 19.8 Å². The van der Waals surface area contributed by atoms with Crippen LogP contribution in [0.1, 0.15) is 31.9 Å². The van der Waals surface area contributed by atoms with Gasteiger partial charge in [-0.2, -0.15) is 0 Å². The highest BCUT2D eigenvalue weighted by Gasteiger charge is 2.53. The first-order valence-electron chi connectivity index (χ1n) is 16.1. The molecule has 246 valence electrons. The summed E-state index contributed by atoms with van der Waals surface area (Å²) in [6.07, 6.45) is -3.00. The number of rotatable bonds is 14. The fraction of sp³-hybridized carbons (Fsp3) is 0.368. The molecule has 6 atom stereocenters. The molecule has 1 fully saturated rings. The summed E-state index contributed by atoms with van der Waals surface area (Å²) in [4.78, 5) is 0. The van der Waals surface area contributed by atoms with E-state index in [1.807, 2.05) is 67.3 Å². The third-order valence-corrected chi connectivity index (χ3v) is 14.1. The van der Waals surface area contributed by atoms with E-state index in [2.05, 4.69) is 81.4 Å². The van der Waals surface area contributed by atoms with Gasteiger partial charge in [0, 0.05) is 7.11 Å². The SMILES string of the molecule is [B]P(C)OC1[C@H](OC)OC(CO[Si](c2ccccc2)(c2ccccc2)C(C)(C)C)[C@H](OCc2ccccc2)[C@H]1OCc1ccccc1. The van der Waals surface area contributed by atoms with E-state index in [0.717, 1.165) is 11.1 Å². The molecule has 0 amide bonds. The molecule has 6 nitrogen and oxygen atoms in total. The molecule has 0 N–H and O–H groups in total. The Kier molecular flexibility index (Phi) is 12.6. The molecular formula is C38H46BO6PSi. The molecule has 4 aromatic rings. The average molecular weight is 669 g/mol. The van der Waals surface area contributed by atoms with Crippen molar-refractivity contribution < 1.29 is 27.9 Å². The topological polar surface area (TPSA) is 55.4 Å². The first-order chi connectivity index (χ1) is 22.7. The Morgan fingerprint density at radius 1 is 0.681 bits per heavy atom. The van der Waals surface area contributed by atoms with Crippen LogP contribution in [0.4, 0.5) is 0 Å². The van der Waals surface area contributed by atoms with Crippen LogP contribution in [-0.4, -0.2) is 67.0 Å². The highest BCUT2D eigenvalue weighted by molar-refractivity contribution is 7.77. The standard InChI is InChI=1S/C38H46BO6PSi/c1-38(2,3)47(31-22-14-8-15-23-31,32-24-16-9-17-25-32)43-28-33-34(41-26-29-18-10-6-11-19-29)35(42-27-30-20-12-7-13-21-30)36(45-46(5)39)37(40-4)44-33/h6-25,33-37H,26-28H2,1-5H3/t33?,34-,35+,36?,37+,46?/m0/s1. The molecule has 0 spiro atoms. The van der Waals surface area contributed by atoms with Gasteiger partial charge in [0.1, 0.15) is 32.0 Å². The molecule has 47 heavy (non-hydrogen) atoms. The van der Waals surface area contributed by atoms with Gasteiger partial charge in [-0.05, 0) is 41.2 Å². The summed E-state index contributed by atoms with van der Waals surface area (Å²) in [6.45, 7) is 9.64. The van der Waals surface area contributed by atoms with Gasteiger partial charge in [0.25, 0.3) is 8.32 Å². The summed E-state index contributed by atoms with van der Waals surface area (Å²) in [6, 6.07) is 41.4. The summed E-state index contributed by atoms with van der Waals surface area (Å²) in [7, 11) is 3.74. The van der Waals surface area contributed by atoms with E-state index in [1.165, 1.54) is 10.4 Å². The predicted molar refractivity (Wildman–Crippen MR) is 193 cm³/mol. The highest BCUT2D eigenvalue weighted by atomic mass is 31.1. The molecule has 0 aliphatic carbocycles. The maximum atomic E-state index is 7.37. The molecule has 0 bridgehead atoms. The summed E-state index contributed by atoms with van der Waals surface area (Å²) in [5.41, 5.74) is 2.09. The minimum atomic E-state index is -2.88. The zero-order valence-corrected chi connectivity index (χ0v) is 29.9. The lowest BCUT2D eigenvalue weighted by Crippen LogP contribution is -2.68.